The molecular formula is C17H23N3O. The zero-order valence-electron chi connectivity index (χ0n) is 12.6. The van der Waals surface area contributed by atoms with Crippen molar-refractivity contribution in [2.24, 2.45) is 7.05 Å². The number of aryl methyl sites for hydroxylation is 1. The van der Waals surface area contributed by atoms with Crippen molar-refractivity contribution >= 4 is 0 Å². The zero-order valence-corrected chi connectivity index (χ0v) is 12.6. The van der Waals surface area contributed by atoms with Crippen LogP contribution in [-0.2, 0) is 24.9 Å². The molecule has 0 radical (unpaired) electrons. The molecule has 4 nitrogen and oxygen atoms in total. The molecule has 0 atom stereocenters. The van der Waals surface area contributed by atoms with Gasteiger partial charge in [0.25, 0.3) is 0 Å². The maximum absolute atomic E-state index is 6.03. The van der Waals surface area contributed by atoms with Gasteiger partial charge in [-0.3, -0.25) is 4.90 Å². The van der Waals surface area contributed by atoms with E-state index >= 15 is 0 Å². The van der Waals surface area contributed by atoms with E-state index in [9.17, 15) is 0 Å². The molecule has 0 amide bonds. The van der Waals surface area contributed by atoms with Crippen molar-refractivity contribution in [3.63, 3.8) is 0 Å². The Morgan fingerprint density at radius 1 is 1.19 bits per heavy atom. The molecule has 21 heavy (non-hydrogen) atoms. The Balaban J connectivity index is 1.40. The molecule has 2 aromatic rings. The standard InChI is InChI=1S/C17H23N3O/c1-19-11-16(18-14-19)12-20-9-7-17(8-10-20)21-13-15-5-3-2-4-6-15/h2-6,11,14,17H,7-10,12-13H2,1H3. The summed E-state index contributed by atoms with van der Waals surface area (Å²) >= 11 is 0. The minimum absolute atomic E-state index is 0.394. The molecule has 0 aliphatic carbocycles. The second-order valence-electron chi connectivity index (χ2n) is 5.80. The Hall–Kier alpha value is -1.65. The van der Waals surface area contributed by atoms with E-state index in [4.69, 9.17) is 4.74 Å². The summed E-state index contributed by atoms with van der Waals surface area (Å²) in [6.07, 6.45) is 6.58. The highest BCUT2D eigenvalue weighted by atomic mass is 16.5. The minimum atomic E-state index is 0.394. The third-order valence-corrected chi connectivity index (χ3v) is 4.01. The van der Waals surface area contributed by atoms with Gasteiger partial charge in [0, 0.05) is 32.9 Å². The summed E-state index contributed by atoms with van der Waals surface area (Å²) in [5.74, 6) is 0. The summed E-state index contributed by atoms with van der Waals surface area (Å²) in [7, 11) is 2.01. The molecule has 0 unspecified atom stereocenters. The molecular weight excluding hydrogens is 262 g/mol. The monoisotopic (exact) mass is 285 g/mol. The van der Waals surface area contributed by atoms with Crippen LogP contribution in [0.3, 0.4) is 0 Å². The normalized spacial score (nSPS) is 17.2. The third-order valence-electron chi connectivity index (χ3n) is 4.01. The maximum Gasteiger partial charge on any atom is 0.0947 e. The van der Waals surface area contributed by atoms with Crippen molar-refractivity contribution in [1.82, 2.24) is 14.5 Å². The van der Waals surface area contributed by atoms with Crippen LogP contribution in [0, 0.1) is 0 Å². The number of imidazole rings is 1. The predicted molar refractivity (Wildman–Crippen MR) is 82.7 cm³/mol. The summed E-state index contributed by atoms with van der Waals surface area (Å²) in [4.78, 5) is 6.86. The second-order valence-corrected chi connectivity index (χ2v) is 5.80. The van der Waals surface area contributed by atoms with Gasteiger partial charge in [-0.25, -0.2) is 4.98 Å². The van der Waals surface area contributed by atoms with E-state index in [0.29, 0.717) is 6.10 Å². The van der Waals surface area contributed by atoms with Crippen LogP contribution >= 0.6 is 0 Å². The first-order chi connectivity index (χ1) is 10.3. The third kappa shape index (κ3) is 4.16. The summed E-state index contributed by atoms with van der Waals surface area (Å²) in [5.41, 5.74) is 2.41. The Labute approximate surface area is 126 Å². The van der Waals surface area contributed by atoms with Crippen LogP contribution in [0.15, 0.2) is 42.9 Å². The fraction of sp³-hybridized carbons (Fsp3) is 0.471. The number of nitrogens with zero attached hydrogens (tertiary/aromatic N) is 3. The lowest BCUT2D eigenvalue weighted by Gasteiger charge is -2.31. The van der Waals surface area contributed by atoms with Crippen molar-refractivity contribution in [3.05, 3.63) is 54.1 Å². The van der Waals surface area contributed by atoms with Gasteiger partial charge in [0.05, 0.1) is 24.7 Å². The van der Waals surface area contributed by atoms with Crippen molar-refractivity contribution < 1.29 is 4.74 Å². The lowest BCUT2D eigenvalue weighted by atomic mass is 10.1. The van der Waals surface area contributed by atoms with E-state index in [1.807, 2.05) is 24.0 Å². The van der Waals surface area contributed by atoms with Gasteiger partial charge in [0.15, 0.2) is 0 Å². The molecule has 2 heterocycles. The lowest BCUT2D eigenvalue weighted by Crippen LogP contribution is -2.36. The SMILES string of the molecule is Cn1cnc(CN2CCC(OCc3ccccc3)CC2)c1. The molecule has 0 spiro atoms. The van der Waals surface area contributed by atoms with Crippen LogP contribution in [0.25, 0.3) is 0 Å². The highest BCUT2D eigenvalue weighted by Crippen LogP contribution is 2.17. The van der Waals surface area contributed by atoms with Crippen LogP contribution in [0.1, 0.15) is 24.1 Å². The molecule has 1 aromatic carbocycles. The van der Waals surface area contributed by atoms with E-state index in [1.165, 1.54) is 5.56 Å². The Kier molecular flexibility index (Phi) is 4.68. The van der Waals surface area contributed by atoms with Crippen LogP contribution < -0.4 is 0 Å². The maximum atomic E-state index is 6.03. The number of hydrogen-bond donors (Lipinski definition) is 0. The number of rotatable bonds is 5. The average molecular weight is 285 g/mol. The number of hydrogen-bond acceptors (Lipinski definition) is 3. The van der Waals surface area contributed by atoms with Crippen LogP contribution in [0.2, 0.25) is 0 Å². The summed E-state index contributed by atoms with van der Waals surface area (Å²) in [5, 5.41) is 0. The van der Waals surface area contributed by atoms with Crippen molar-refractivity contribution in [1.29, 1.82) is 0 Å². The second kappa shape index (κ2) is 6.87. The minimum Gasteiger partial charge on any atom is -0.373 e. The summed E-state index contributed by atoms with van der Waals surface area (Å²) < 4.78 is 8.03. The molecule has 1 saturated heterocycles. The van der Waals surface area contributed by atoms with Crippen molar-refractivity contribution in [2.75, 3.05) is 13.1 Å². The molecule has 1 aliphatic rings. The Bertz CT molecular complexity index is 544. The molecule has 1 aliphatic heterocycles. The van der Waals surface area contributed by atoms with Crippen LogP contribution in [0.5, 0.6) is 0 Å². The fourth-order valence-corrected chi connectivity index (χ4v) is 2.80. The van der Waals surface area contributed by atoms with Crippen molar-refractivity contribution in [2.45, 2.75) is 32.1 Å². The van der Waals surface area contributed by atoms with E-state index in [-0.39, 0.29) is 0 Å². The molecule has 1 fully saturated rings. The molecule has 1 aromatic heterocycles. The number of aromatic nitrogens is 2. The number of benzene rings is 1. The highest BCUT2D eigenvalue weighted by molar-refractivity contribution is 5.13. The summed E-state index contributed by atoms with van der Waals surface area (Å²) in [6.45, 7) is 3.87. The summed E-state index contributed by atoms with van der Waals surface area (Å²) in [6, 6.07) is 10.4. The van der Waals surface area contributed by atoms with Gasteiger partial charge < -0.3 is 9.30 Å². The molecule has 0 bridgehead atoms. The number of ether oxygens (including phenoxy) is 1. The van der Waals surface area contributed by atoms with Crippen LogP contribution in [-0.4, -0.2) is 33.6 Å². The first kappa shape index (κ1) is 14.3. The van der Waals surface area contributed by atoms with E-state index in [0.717, 1.165) is 44.8 Å². The fourth-order valence-electron chi connectivity index (χ4n) is 2.80. The quantitative estimate of drug-likeness (QED) is 0.846. The van der Waals surface area contributed by atoms with Gasteiger partial charge in [0.1, 0.15) is 0 Å². The first-order valence-corrected chi connectivity index (χ1v) is 7.64. The topological polar surface area (TPSA) is 30.3 Å². The smallest absolute Gasteiger partial charge is 0.0947 e. The predicted octanol–water partition coefficient (Wildman–Crippen LogP) is 2.60. The van der Waals surface area contributed by atoms with Gasteiger partial charge in [-0.05, 0) is 18.4 Å². The van der Waals surface area contributed by atoms with Gasteiger partial charge in [-0.1, -0.05) is 30.3 Å². The molecule has 4 heteroatoms. The number of likely N-dealkylation sites (tertiary alicyclic amines) is 1. The average Bonchev–Trinajstić information content (AvgIpc) is 2.93. The molecule has 3 rings (SSSR count). The first-order valence-electron chi connectivity index (χ1n) is 7.64. The largest absolute Gasteiger partial charge is 0.373 e. The Morgan fingerprint density at radius 3 is 2.62 bits per heavy atom. The van der Waals surface area contributed by atoms with Gasteiger partial charge in [-0.2, -0.15) is 0 Å². The van der Waals surface area contributed by atoms with E-state index in [1.54, 1.807) is 0 Å². The van der Waals surface area contributed by atoms with Gasteiger partial charge >= 0.3 is 0 Å². The molecule has 0 N–H and O–H groups in total. The van der Waals surface area contributed by atoms with E-state index < -0.39 is 0 Å². The van der Waals surface area contributed by atoms with Crippen LogP contribution in [0.4, 0.5) is 0 Å². The highest BCUT2D eigenvalue weighted by Gasteiger charge is 2.20. The van der Waals surface area contributed by atoms with Crippen molar-refractivity contribution in [3.8, 4) is 0 Å². The molecule has 112 valence electrons. The zero-order chi connectivity index (χ0) is 14.5. The Morgan fingerprint density at radius 2 is 1.95 bits per heavy atom. The van der Waals surface area contributed by atoms with Gasteiger partial charge in [-0.15, -0.1) is 0 Å². The molecule has 0 saturated carbocycles. The van der Waals surface area contributed by atoms with Gasteiger partial charge in [0.2, 0.25) is 0 Å². The lowest BCUT2D eigenvalue weighted by molar-refractivity contribution is -0.00413. The van der Waals surface area contributed by atoms with E-state index in [2.05, 4.69) is 40.3 Å². The number of piperidine rings is 1.